The maximum atomic E-state index is 11.9. The topological polar surface area (TPSA) is 151 Å². The fraction of sp³-hybridized carbons (Fsp3) is 0.706. The summed E-state index contributed by atoms with van der Waals surface area (Å²) in [7, 11) is -4.08. The number of hydrogen-bond acceptors (Lipinski definition) is 7. The van der Waals surface area contributed by atoms with E-state index in [2.05, 4.69) is 27.5 Å². The van der Waals surface area contributed by atoms with Gasteiger partial charge in [-0.25, -0.2) is 10.2 Å². The quantitative estimate of drug-likeness (QED) is 0.365. The highest BCUT2D eigenvalue weighted by Gasteiger charge is 2.65. The maximum Gasteiger partial charge on any atom is 0.408 e. The SMILES string of the molecule is C=CCOC(=O)N[C@@H]1CNNC1=O.CC1(C)C2CC[C@@]1(CS(=O)(=O)O)C(=O)C2. The molecule has 3 rings (SSSR count). The lowest BCUT2D eigenvalue weighted by molar-refractivity contribution is -0.128. The lowest BCUT2D eigenvalue weighted by atomic mass is 9.70. The average Bonchev–Trinajstić information content (AvgIpc) is 3.13. The van der Waals surface area contributed by atoms with Gasteiger partial charge in [0.25, 0.3) is 16.0 Å². The second-order valence-corrected chi connectivity index (χ2v) is 9.30. The first kappa shape index (κ1) is 22.3. The molecule has 0 aromatic rings. The van der Waals surface area contributed by atoms with Crippen LogP contribution in [0.1, 0.15) is 33.1 Å². The summed E-state index contributed by atoms with van der Waals surface area (Å²) in [6, 6.07) is -0.558. The van der Waals surface area contributed by atoms with Crippen molar-refractivity contribution in [1.82, 2.24) is 16.2 Å². The second-order valence-electron chi connectivity index (χ2n) is 7.85. The van der Waals surface area contributed by atoms with Gasteiger partial charge >= 0.3 is 6.09 Å². The van der Waals surface area contributed by atoms with Gasteiger partial charge < -0.3 is 10.1 Å². The lowest BCUT2D eigenvalue weighted by Crippen LogP contribution is -2.42. The first-order chi connectivity index (χ1) is 12.9. The van der Waals surface area contributed by atoms with E-state index in [1.165, 1.54) is 6.08 Å². The van der Waals surface area contributed by atoms with Gasteiger partial charge in [0.15, 0.2) is 0 Å². The Hall–Kier alpha value is -1.98. The monoisotopic (exact) mass is 417 g/mol. The molecule has 1 unspecified atom stereocenters. The van der Waals surface area contributed by atoms with Crippen molar-refractivity contribution in [3.8, 4) is 0 Å². The van der Waals surface area contributed by atoms with Crippen molar-refractivity contribution in [3.63, 3.8) is 0 Å². The third-order valence-electron chi connectivity index (χ3n) is 6.03. The van der Waals surface area contributed by atoms with Crippen molar-refractivity contribution in [2.75, 3.05) is 18.9 Å². The Kier molecular flexibility index (Phi) is 6.51. The van der Waals surface area contributed by atoms with Crippen molar-refractivity contribution in [2.45, 2.75) is 39.2 Å². The van der Waals surface area contributed by atoms with Crippen molar-refractivity contribution in [3.05, 3.63) is 12.7 Å². The van der Waals surface area contributed by atoms with Crippen molar-refractivity contribution in [2.24, 2.45) is 16.7 Å². The summed E-state index contributed by atoms with van der Waals surface area (Å²) in [5.74, 6) is -0.369. The van der Waals surface area contributed by atoms with E-state index in [0.29, 0.717) is 19.4 Å². The van der Waals surface area contributed by atoms with E-state index in [-0.39, 0.29) is 29.6 Å². The Morgan fingerprint density at radius 2 is 2.11 bits per heavy atom. The summed E-state index contributed by atoms with van der Waals surface area (Å²) >= 11 is 0. The number of Topliss-reactive ketones (excluding diaryl/α,β-unsaturated/α-hetero) is 1. The standard InChI is InChI=1S/C10H16O4S.C7H11N3O3/c1-9(2)7-3-4-10(9,8(11)5-7)6-15(12,13)14;1-2-3-13-7(12)9-5-4-8-10-6(5)11/h7H,3-6H2,1-2H3,(H,12,13,14);2,5,8H,1,3-4H2,(H,9,12)(H,10,11)/t7?,10-;5-/m11/s1. The molecule has 2 aliphatic carbocycles. The summed E-state index contributed by atoms with van der Waals surface area (Å²) < 4.78 is 35.6. The van der Waals surface area contributed by atoms with Crippen LogP contribution in [-0.2, 0) is 24.4 Å². The normalized spacial score (nSPS) is 30.2. The summed E-state index contributed by atoms with van der Waals surface area (Å²) in [6.07, 6.45) is 2.80. The first-order valence-electron chi connectivity index (χ1n) is 8.98. The van der Waals surface area contributed by atoms with Crippen LogP contribution in [0.5, 0.6) is 0 Å². The third-order valence-corrected chi connectivity index (χ3v) is 6.88. The molecule has 10 nitrogen and oxygen atoms in total. The van der Waals surface area contributed by atoms with Crippen molar-refractivity contribution >= 4 is 27.9 Å². The van der Waals surface area contributed by atoms with E-state index in [1.54, 1.807) is 0 Å². The summed E-state index contributed by atoms with van der Waals surface area (Å²) in [4.78, 5) is 33.7. The van der Waals surface area contributed by atoms with Crippen LogP contribution < -0.4 is 16.2 Å². The Bertz CT molecular complexity index is 765. The maximum absolute atomic E-state index is 11.9. The Balaban J connectivity index is 0.000000203. The number of amides is 2. The van der Waals surface area contributed by atoms with Crippen LogP contribution in [0.2, 0.25) is 0 Å². The largest absolute Gasteiger partial charge is 0.445 e. The van der Waals surface area contributed by atoms with E-state index in [1.807, 2.05) is 13.8 Å². The molecule has 1 saturated heterocycles. The van der Waals surface area contributed by atoms with Gasteiger partial charge in [0.05, 0.1) is 11.2 Å². The Labute approximate surface area is 164 Å². The molecule has 3 aliphatic rings. The average molecular weight is 417 g/mol. The van der Waals surface area contributed by atoms with Crippen LogP contribution in [0.4, 0.5) is 4.79 Å². The molecule has 0 spiro atoms. The molecule has 2 amide bonds. The zero-order valence-corrected chi connectivity index (χ0v) is 16.8. The molecule has 28 heavy (non-hydrogen) atoms. The van der Waals surface area contributed by atoms with Crippen LogP contribution in [0, 0.1) is 16.7 Å². The van der Waals surface area contributed by atoms with Crippen LogP contribution in [-0.4, -0.2) is 55.7 Å². The van der Waals surface area contributed by atoms with E-state index in [4.69, 9.17) is 4.55 Å². The van der Waals surface area contributed by atoms with Gasteiger partial charge in [0.1, 0.15) is 18.4 Å². The van der Waals surface area contributed by atoms with E-state index in [9.17, 15) is 22.8 Å². The molecule has 1 heterocycles. The summed E-state index contributed by atoms with van der Waals surface area (Å²) in [5, 5.41) is 2.38. The van der Waals surface area contributed by atoms with E-state index >= 15 is 0 Å². The minimum Gasteiger partial charge on any atom is -0.445 e. The molecule has 158 valence electrons. The van der Waals surface area contributed by atoms with Gasteiger partial charge in [-0.15, -0.1) is 0 Å². The molecule has 0 aromatic heterocycles. The van der Waals surface area contributed by atoms with Gasteiger partial charge in [-0.05, 0) is 24.2 Å². The minimum absolute atomic E-state index is 0.0152. The van der Waals surface area contributed by atoms with Crippen LogP contribution in [0.3, 0.4) is 0 Å². The second kappa shape index (κ2) is 8.18. The molecule has 4 N–H and O–H groups in total. The fourth-order valence-electron chi connectivity index (χ4n) is 4.27. The smallest absolute Gasteiger partial charge is 0.408 e. The first-order valence-corrected chi connectivity index (χ1v) is 10.6. The minimum atomic E-state index is -4.08. The molecule has 2 saturated carbocycles. The number of rotatable bonds is 5. The Morgan fingerprint density at radius 1 is 1.43 bits per heavy atom. The number of hydrogen-bond donors (Lipinski definition) is 4. The van der Waals surface area contributed by atoms with Crippen molar-refractivity contribution in [1.29, 1.82) is 0 Å². The number of carbonyl (C=O) groups excluding carboxylic acids is 3. The van der Waals surface area contributed by atoms with E-state index in [0.717, 1.165) is 6.42 Å². The lowest BCUT2D eigenvalue weighted by Gasteiger charge is -2.35. The molecule has 3 fully saturated rings. The molecule has 3 atom stereocenters. The highest BCUT2D eigenvalue weighted by molar-refractivity contribution is 7.85. The molecular formula is C17H27N3O7S. The van der Waals surface area contributed by atoms with E-state index < -0.39 is 33.4 Å². The summed E-state index contributed by atoms with van der Waals surface area (Å²) in [5.41, 5.74) is 3.83. The predicted molar refractivity (Wildman–Crippen MR) is 99.6 cm³/mol. The van der Waals surface area contributed by atoms with Crippen LogP contribution >= 0.6 is 0 Å². The van der Waals surface area contributed by atoms with Crippen LogP contribution in [0.25, 0.3) is 0 Å². The van der Waals surface area contributed by atoms with Gasteiger partial charge in [-0.2, -0.15) is 8.42 Å². The number of fused-ring (bicyclic) bond motifs is 2. The molecule has 2 bridgehead atoms. The molecular weight excluding hydrogens is 390 g/mol. The number of hydrazine groups is 1. The number of carbonyl (C=O) groups is 3. The number of ether oxygens (including phenoxy) is 1. The summed E-state index contributed by atoms with van der Waals surface area (Å²) in [6.45, 7) is 7.77. The molecule has 1 aliphatic heterocycles. The van der Waals surface area contributed by atoms with Gasteiger partial charge in [-0.3, -0.25) is 19.6 Å². The third kappa shape index (κ3) is 4.53. The van der Waals surface area contributed by atoms with Gasteiger partial charge in [0, 0.05) is 13.0 Å². The van der Waals surface area contributed by atoms with Crippen LogP contribution in [0.15, 0.2) is 12.7 Å². The number of nitrogens with one attached hydrogen (secondary N) is 3. The number of ketones is 1. The highest BCUT2D eigenvalue weighted by Crippen LogP contribution is 2.64. The molecule has 11 heteroatoms. The predicted octanol–water partition coefficient (Wildman–Crippen LogP) is 0.171. The Morgan fingerprint density at radius 3 is 2.54 bits per heavy atom. The molecule has 0 aromatic carbocycles. The zero-order valence-electron chi connectivity index (χ0n) is 16.0. The highest BCUT2D eigenvalue weighted by atomic mass is 32.2. The van der Waals surface area contributed by atoms with Gasteiger partial charge in [-0.1, -0.05) is 26.5 Å². The van der Waals surface area contributed by atoms with Crippen molar-refractivity contribution < 1.29 is 32.1 Å². The number of alkyl carbamates (subject to hydrolysis) is 1. The van der Waals surface area contributed by atoms with Gasteiger partial charge in [0.2, 0.25) is 0 Å². The molecule has 0 radical (unpaired) electrons. The fourth-order valence-corrected chi connectivity index (χ4v) is 5.57. The zero-order chi connectivity index (χ0) is 21.2.